The number of ether oxygens (including phenoxy) is 1. The third-order valence-corrected chi connectivity index (χ3v) is 1.57. The summed E-state index contributed by atoms with van der Waals surface area (Å²) < 4.78 is 9.53. The van der Waals surface area contributed by atoms with Crippen LogP contribution in [-0.4, -0.2) is 35.5 Å². The molecule has 1 aromatic rings. The fraction of sp³-hybridized carbons (Fsp3) is 0.625. The summed E-state index contributed by atoms with van der Waals surface area (Å²) in [5, 5.41) is 9.23. The van der Waals surface area contributed by atoms with Crippen molar-refractivity contribution in [1.82, 2.24) is 15.6 Å². The number of carbonyl (C=O) groups excluding carboxylic acids is 1. The van der Waals surface area contributed by atoms with Gasteiger partial charge in [0.05, 0.1) is 12.7 Å². The number of hydrogen-bond acceptors (Lipinski definition) is 6. The molecule has 0 saturated carbocycles. The van der Waals surface area contributed by atoms with Crippen molar-refractivity contribution < 1.29 is 14.2 Å². The highest BCUT2D eigenvalue weighted by molar-refractivity contribution is 5.95. The van der Waals surface area contributed by atoms with Gasteiger partial charge in [0, 0.05) is 6.54 Å². The molecule has 0 unspecified atom stereocenters. The van der Waals surface area contributed by atoms with Crippen LogP contribution in [0.15, 0.2) is 4.63 Å². The Morgan fingerprint density at radius 2 is 2.33 bits per heavy atom. The summed E-state index contributed by atoms with van der Waals surface area (Å²) in [5.41, 5.74) is 5.33. The highest BCUT2D eigenvalue weighted by atomic mass is 16.6. The zero-order valence-corrected chi connectivity index (χ0v) is 8.69. The van der Waals surface area contributed by atoms with E-state index in [1.165, 1.54) is 0 Å². The van der Waals surface area contributed by atoms with Crippen LogP contribution < -0.4 is 11.1 Å². The van der Waals surface area contributed by atoms with Crippen molar-refractivity contribution in [2.24, 2.45) is 0 Å². The summed E-state index contributed by atoms with van der Waals surface area (Å²) in [7, 11) is 0. The Morgan fingerprint density at radius 1 is 1.60 bits per heavy atom. The van der Waals surface area contributed by atoms with Crippen LogP contribution in [0, 0.1) is 0 Å². The van der Waals surface area contributed by atoms with Gasteiger partial charge in [0.1, 0.15) is 0 Å². The highest BCUT2D eigenvalue weighted by Gasteiger charge is 2.14. The zero-order chi connectivity index (χ0) is 11.3. The van der Waals surface area contributed by atoms with Gasteiger partial charge in [0.25, 0.3) is 5.91 Å². The van der Waals surface area contributed by atoms with E-state index >= 15 is 0 Å². The van der Waals surface area contributed by atoms with Gasteiger partial charge >= 0.3 is 0 Å². The van der Waals surface area contributed by atoms with Gasteiger partial charge in [0.2, 0.25) is 11.5 Å². The molecule has 1 rings (SSSR count). The summed E-state index contributed by atoms with van der Waals surface area (Å²) in [6, 6.07) is 0. The maximum Gasteiger partial charge on any atom is 0.277 e. The summed E-state index contributed by atoms with van der Waals surface area (Å²) >= 11 is 0. The smallest absolute Gasteiger partial charge is 0.277 e. The maximum atomic E-state index is 11.4. The Balaban J connectivity index is 2.28. The molecule has 0 fully saturated rings. The van der Waals surface area contributed by atoms with Crippen molar-refractivity contribution >= 4 is 11.7 Å². The molecule has 7 nitrogen and oxygen atoms in total. The van der Waals surface area contributed by atoms with E-state index in [4.69, 9.17) is 10.5 Å². The third kappa shape index (κ3) is 3.55. The maximum absolute atomic E-state index is 11.4. The van der Waals surface area contributed by atoms with Crippen LogP contribution in [0.25, 0.3) is 0 Å². The lowest BCUT2D eigenvalue weighted by Crippen LogP contribution is -2.28. The van der Waals surface area contributed by atoms with Gasteiger partial charge < -0.3 is 15.8 Å². The number of amides is 1. The van der Waals surface area contributed by atoms with Gasteiger partial charge in [0.15, 0.2) is 0 Å². The molecule has 0 bridgehead atoms. The number of aromatic nitrogens is 2. The number of hydrogen-bond donors (Lipinski definition) is 2. The molecule has 0 aromatic carbocycles. The lowest BCUT2D eigenvalue weighted by molar-refractivity contribution is 0.0743. The Bertz CT molecular complexity index is 323. The second-order valence-electron chi connectivity index (χ2n) is 3.17. The van der Waals surface area contributed by atoms with E-state index in [1.807, 2.05) is 13.8 Å². The molecule has 7 heteroatoms. The minimum Gasteiger partial charge on any atom is -0.379 e. The lowest BCUT2D eigenvalue weighted by atomic mass is 10.4. The van der Waals surface area contributed by atoms with Gasteiger partial charge in [-0.05, 0) is 24.2 Å². The summed E-state index contributed by atoms with van der Waals surface area (Å²) in [6.45, 7) is 4.67. The van der Waals surface area contributed by atoms with Crippen molar-refractivity contribution in [1.29, 1.82) is 0 Å². The van der Waals surface area contributed by atoms with Gasteiger partial charge in [-0.15, -0.1) is 0 Å². The molecular weight excluding hydrogens is 200 g/mol. The number of nitrogen functional groups attached to an aromatic ring is 1. The average Bonchev–Trinajstić information content (AvgIpc) is 2.58. The number of rotatable bonds is 5. The first-order valence-corrected chi connectivity index (χ1v) is 4.59. The predicted molar refractivity (Wildman–Crippen MR) is 52.1 cm³/mol. The monoisotopic (exact) mass is 214 g/mol. The van der Waals surface area contributed by atoms with Gasteiger partial charge in [-0.25, -0.2) is 4.63 Å². The van der Waals surface area contributed by atoms with Crippen molar-refractivity contribution in [3.05, 3.63) is 5.69 Å². The molecule has 0 aliphatic rings. The Kier molecular flexibility index (Phi) is 4.04. The number of anilines is 1. The standard InChI is InChI=1S/C8H14N4O3/c1-5(2)14-4-3-10-8(13)6-7(9)12-15-11-6/h5H,3-4H2,1-2H3,(H2,9,12)(H,10,13). The molecule has 1 heterocycles. The molecule has 0 spiro atoms. The molecule has 84 valence electrons. The fourth-order valence-corrected chi connectivity index (χ4v) is 0.896. The van der Waals surface area contributed by atoms with Crippen LogP contribution in [0.4, 0.5) is 5.82 Å². The van der Waals surface area contributed by atoms with E-state index in [-0.39, 0.29) is 17.6 Å². The van der Waals surface area contributed by atoms with Crippen LogP contribution in [0.5, 0.6) is 0 Å². The highest BCUT2D eigenvalue weighted by Crippen LogP contribution is 2.02. The SMILES string of the molecule is CC(C)OCCNC(=O)c1nonc1N. The molecule has 3 N–H and O–H groups in total. The van der Waals surface area contributed by atoms with E-state index in [0.29, 0.717) is 13.2 Å². The van der Waals surface area contributed by atoms with Gasteiger partial charge in [-0.1, -0.05) is 0 Å². The van der Waals surface area contributed by atoms with Crippen LogP contribution in [0.3, 0.4) is 0 Å². The summed E-state index contributed by atoms with van der Waals surface area (Å²) in [5.74, 6) is -0.432. The molecule has 0 radical (unpaired) electrons. The first kappa shape index (κ1) is 11.4. The molecule has 0 saturated heterocycles. The van der Waals surface area contributed by atoms with E-state index in [9.17, 15) is 4.79 Å². The topological polar surface area (TPSA) is 103 Å². The Hall–Kier alpha value is -1.63. The number of nitrogens with zero attached hydrogens (tertiary/aromatic N) is 2. The predicted octanol–water partition coefficient (Wildman–Crippen LogP) is -0.193. The molecular formula is C8H14N4O3. The Labute approximate surface area is 86.9 Å². The summed E-state index contributed by atoms with van der Waals surface area (Å²) in [4.78, 5) is 11.4. The Morgan fingerprint density at radius 3 is 2.87 bits per heavy atom. The molecule has 1 amide bonds. The van der Waals surface area contributed by atoms with Crippen LogP contribution in [0.1, 0.15) is 24.3 Å². The van der Waals surface area contributed by atoms with E-state index < -0.39 is 5.91 Å². The minimum absolute atomic E-state index is 0.000420. The van der Waals surface area contributed by atoms with Crippen molar-refractivity contribution in [3.8, 4) is 0 Å². The van der Waals surface area contributed by atoms with Crippen LogP contribution in [-0.2, 0) is 4.74 Å². The second kappa shape index (κ2) is 5.30. The molecule has 1 aromatic heterocycles. The number of nitrogens with one attached hydrogen (secondary N) is 1. The third-order valence-electron chi connectivity index (χ3n) is 1.57. The molecule has 0 atom stereocenters. The van der Waals surface area contributed by atoms with Gasteiger partial charge in [-0.2, -0.15) is 0 Å². The zero-order valence-electron chi connectivity index (χ0n) is 8.69. The lowest BCUT2D eigenvalue weighted by Gasteiger charge is -2.07. The van der Waals surface area contributed by atoms with Crippen molar-refractivity contribution in [2.75, 3.05) is 18.9 Å². The first-order valence-electron chi connectivity index (χ1n) is 4.59. The summed E-state index contributed by atoms with van der Waals surface area (Å²) in [6.07, 6.45) is 0.140. The fourth-order valence-electron chi connectivity index (χ4n) is 0.896. The normalized spacial score (nSPS) is 10.6. The van der Waals surface area contributed by atoms with E-state index in [2.05, 4.69) is 20.3 Å². The quantitative estimate of drug-likeness (QED) is 0.658. The van der Waals surface area contributed by atoms with Crippen molar-refractivity contribution in [3.63, 3.8) is 0 Å². The number of nitrogens with two attached hydrogens (primary N) is 1. The van der Waals surface area contributed by atoms with Crippen LogP contribution in [0.2, 0.25) is 0 Å². The van der Waals surface area contributed by atoms with Gasteiger partial charge in [-0.3, -0.25) is 4.79 Å². The second-order valence-corrected chi connectivity index (χ2v) is 3.17. The van der Waals surface area contributed by atoms with E-state index in [1.54, 1.807) is 0 Å². The minimum atomic E-state index is -0.416. The number of carbonyl (C=O) groups is 1. The van der Waals surface area contributed by atoms with E-state index in [0.717, 1.165) is 0 Å². The molecule has 15 heavy (non-hydrogen) atoms. The molecule has 0 aliphatic heterocycles. The molecule has 0 aliphatic carbocycles. The van der Waals surface area contributed by atoms with Crippen LogP contribution >= 0.6 is 0 Å². The average molecular weight is 214 g/mol. The van der Waals surface area contributed by atoms with Crippen molar-refractivity contribution in [2.45, 2.75) is 20.0 Å². The first-order chi connectivity index (χ1) is 7.11. The largest absolute Gasteiger partial charge is 0.379 e.